The lowest BCUT2D eigenvalue weighted by Crippen LogP contribution is -2.57. The molecule has 6 fully saturated rings. The van der Waals surface area contributed by atoms with Crippen molar-refractivity contribution in [3.05, 3.63) is 29.8 Å². The fourth-order valence-corrected chi connectivity index (χ4v) is 9.41. The van der Waals surface area contributed by atoms with Crippen LogP contribution in [-0.4, -0.2) is 47.0 Å². The average Bonchev–Trinajstić information content (AvgIpc) is 3.02. The monoisotopic (exact) mass is 535 g/mol. The SMILES string of the molecule is Cc1cccc(N(C(N)=O)C2CCCC(C3CCCCC3)N(CC(=O)OC34CC5CC(CC(C5)C3)C4)C2=O)c1. The van der Waals surface area contributed by atoms with Gasteiger partial charge in [-0.05, 0) is 119 Å². The Kier molecular flexibility index (Phi) is 7.36. The Morgan fingerprint density at radius 1 is 0.974 bits per heavy atom. The number of carbonyl (C=O) groups excluding carboxylic acids is 3. The van der Waals surface area contributed by atoms with E-state index >= 15 is 0 Å². The third-order valence-electron chi connectivity index (χ3n) is 10.6. The first-order valence-electron chi connectivity index (χ1n) is 15.5. The molecule has 6 aliphatic rings. The smallest absolute Gasteiger partial charge is 0.326 e. The number of rotatable bonds is 6. The maximum Gasteiger partial charge on any atom is 0.326 e. The van der Waals surface area contributed by atoms with Crippen molar-refractivity contribution in [1.82, 2.24) is 4.90 Å². The van der Waals surface area contributed by atoms with E-state index in [9.17, 15) is 14.4 Å². The molecule has 7 nitrogen and oxygen atoms in total. The van der Waals surface area contributed by atoms with Gasteiger partial charge in [0.15, 0.2) is 0 Å². The van der Waals surface area contributed by atoms with Gasteiger partial charge in [0.2, 0.25) is 5.91 Å². The minimum absolute atomic E-state index is 0.000973. The molecule has 5 aliphatic carbocycles. The van der Waals surface area contributed by atoms with Crippen molar-refractivity contribution < 1.29 is 19.1 Å². The molecule has 2 atom stereocenters. The molecule has 5 saturated carbocycles. The number of esters is 1. The molecule has 7 rings (SSSR count). The molecular formula is C32H45N3O4. The number of benzene rings is 1. The van der Waals surface area contributed by atoms with Crippen molar-refractivity contribution in [1.29, 1.82) is 0 Å². The van der Waals surface area contributed by atoms with Crippen LogP contribution >= 0.6 is 0 Å². The number of carbonyl (C=O) groups is 3. The van der Waals surface area contributed by atoms with Gasteiger partial charge in [-0.3, -0.25) is 14.5 Å². The molecule has 0 aromatic heterocycles. The number of hydrogen-bond donors (Lipinski definition) is 1. The second kappa shape index (κ2) is 10.8. The minimum atomic E-state index is -0.717. The van der Waals surface area contributed by atoms with Crippen LogP contribution in [0.25, 0.3) is 0 Å². The highest BCUT2D eigenvalue weighted by Gasteiger charge is 2.53. The Bertz CT molecular complexity index is 1060. The number of ether oxygens (including phenoxy) is 1. The van der Waals surface area contributed by atoms with E-state index in [0.717, 1.165) is 50.5 Å². The number of nitrogens with two attached hydrogens (primary N) is 1. The summed E-state index contributed by atoms with van der Waals surface area (Å²) in [7, 11) is 0. The maximum absolute atomic E-state index is 14.4. The van der Waals surface area contributed by atoms with Gasteiger partial charge in [-0.15, -0.1) is 0 Å². The van der Waals surface area contributed by atoms with E-state index in [1.807, 2.05) is 36.1 Å². The van der Waals surface area contributed by atoms with Gasteiger partial charge < -0.3 is 15.4 Å². The number of anilines is 1. The van der Waals surface area contributed by atoms with Crippen LogP contribution in [0.5, 0.6) is 0 Å². The summed E-state index contributed by atoms with van der Waals surface area (Å²) >= 11 is 0. The first-order chi connectivity index (χ1) is 18.8. The van der Waals surface area contributed by atoms with Gasteiger partial charge in [-0.2, -0.15) is 0 Å². The van der Waals surface area contributed by atoms with Gasteiger partial charge in [0.05, 0.1) is 0 Å². The quantitative estimate of drug-likeness (QED) is 0.472. The molecule has 1 aromatic rings. The molecule has 2 unspecified atom stereocenters. The summed E-state index contributed by atoms with van der Waals surface area (Å²) in [5.41, 5.74) is 7.20. The molecule has 1 saturated heterocycles. The first-order valence-corrected chi connectivity index (χ1v) is 15.5. The highest BCUT2D eigenvalue weighted by molar-refractivity contribution is 6.00. The Labute approximate surface area is 232 Å². The van der Waals surface area contributed by atoms with Gasteiger partial charge in [0, 0.05) is 11.7 Å². The lowest BCUT2D eigenvalue weighted by Gasteiger charge is -2.55. The average molecular weight is 536 g/mol. The lowest BCUT2D eigenvalue weighted by atomic mass is 9.54. The highest BCUT2D eigenvalue weighted by Crippen LogP contribution is 2.57. The van der Waals surface area contributed by atoms with Crippen molar-refractivity contribution in [2.45, 2.75) is 114 Å². The van der Waals surface area contributed by atoms with Crippen LogP contribution in [0, 0.1) is 30.6 Å². The van der Waals surface area contributed by atoms with Gasteiger partial charge >= 0.3 is 12.0 Å². The Morgan fingerprint density at radius 2 is 1.64 bits per heavy atom. The minimum Gasteiger partial charge on any atom is -0.458 e. The third-order valence-corrected chi connectivity index (χ3v) is 10.6. The molecule has 1 aliphatic heterocycles. The lowest BCUT2D eigenvalue weighted by molar-refractivity contribution is -0.189. The number of likely N-dealkylation sites (tertiary alicyclic amines) is 1. The molecule has 1 aromatic carbocycles. The fraction of sp³-hybridized carbons (Fsp3) is 0.719. The molecule has 2 N–H and O–H groups in total. The molecular weight excluding hydrogens is 490 g/mol. The van der Waals surface area contributed by atoms with E-state index in [2.05, 4.69) is 0 Å². The largest absolute Gasteiger partial charge is 0.458 e. The number of amides is 3. The van der Waals surface area contributed by atoms with E-state index in [1.54, 1.807) is 0 Å². The Morgan fingerprint density at radius 3 is 2.26 bits per heavy atom. The number of urea groups is 1. The molecule has 39 heavy (non-hydrogen) atoms. The van der Waals surface area contributed by atoms with Crippen LogP contribution < -0.4 is 10.6 Å². The molecule has 0 radical (unpaired) electrons. The zero-order valence-corrected chi connectivity index (χ0v) is 23.5. The van der Waals surface area contributed by atoms with Crippen LogP contribution in [0.2, 0.25) is 0 Å². The molecule has 1 heterocycles. The van der Waals surface area contributed by atoms with Gasteiger partial charge in [-0.25, -0.2) is 4.79 Å². The molecule has 3 amide bonds. The fourth-order valence-electron chi connectivity index (χ4n) is 9.41. The van der Waals surface area contributed by atoms with Crippen LogP contribution in [-0.2, 0) is 14.3 Å². The highest BCUT2D eigenvalue weighted by atomic mass is 16.6. The van der Waals surface area contributed by atoms with Gasteiger partial charge in [0.25, 0.3) is 0 Å². The Hall–Kier alpha value is -2.57. The standard InChI is InChI=1S/C32H45N3O4/c1-21-7-5-10-26(13-21)35(31(33)38)28-12-6-11-27(25-8-3-2-4-9-25)34(30(28)37)20-29(36)39-32-17-22-14-23(18-32)16-24(15-22)19-32/h5,7,10,13,22-25,27-28H,2-4,6,8-9,11-12,14-20H2,1H3,(H2,33,38). The summed E-state index contributed by atoms with van der Waals surface area (Å²) in [5, 5.41) is 0. The molecule has 7 heteroatoms. The van der Waals surface area contributed by atoms with E-state index in [4.69, 9.17) is 10.5 Å². The van der Waals surface area contributed by atoms with Crippen LogP contribution in [0.1, 0.15) is 95.5 Å². The van der Waals surface area contributed by atoms with Gasteiger partial charge in [-0.1, -0.05) is 31.4 Å². The summed E-state index contributed by atoms with van der Waals surface area (Å²) < 4.78 is 6.38. The summed E-state index contributed by atoms with van der Waals surface area (Å²) in [6.45, 7) is 1.93. The first kappa shape index (κ1) is 26.6. The zero-order chi connectivity index (χ0) is 27.1. The van der Waals surface area contributed by atoms with E-state index in [0.29, 0.717) is 35.8 Å². The van der Waals surface area contributed by atoms with Crippen molar-refractivity contribution in [3.63, 3.8) is 0 Å². The van der Waals surface area contributed by atoms with Crippen LogP contribution in [0.15, 0.2) is 24.3 Å². The number of primary amides is 1. The maximum atomic E-state index is 14.4. The summed E-state index contributed by atoms with van der Waals surface area (Å²) in [6.07, 6.45) is 14.7. The predicted molar refractivity (Wildman–Crippen MR) is 150 cm³/mol. The predicted octanol–water partition coefficient (Wildman–Crippen LogP) is 5.72. The normalized spacial score (nSPS) is 34.5. The zero-order valence-electron chi connectivity index (χ0n) is 23.5. The van der Waals surface area contributed by atoms with Crippen LogP contribution in [0.3, 0.4) is 0 Å². The number of aryl methyl sites for hydroxylation is 1. The van der Waals surface area contributed by atoms with Crippen molar-refractivity contribution in [2.24, 2.45) is 29.4 Å². The van der Waals surface area contributed by atoms with E-state index < -0.39 is 12.1 Å². The number of hydrogen-bond acceptors (Lipinski definition) is 4. The van der Waals surface area contributed by atoms with Gasteiger partial charge in [0.1, 0.15) is 18.2 Å². The van der Waals surface area contributed by atoms with Crippen molar-refractivity contribution >= 4 is 23.6 Å². The van der Waals surface area contributed by atoms with E-state index in [1.165, 1.54) is 43.4 Å². The Balaban J connectivity index is 1.26. The van der Waals surface area contributed by atoms with Crippen molar-refractivity contribution in [2.75, 3.05) is 11.4 Å². The second-order valence-corrected chi connectivity index (χ2v) is 13.5. The summed E-state index contributed by atoms with van der Waals surface area (Å²) in [5.74, 6) is 2.00. The molecule has 212 valence electrons. The van der Waals surface area contributed by atoms with Crippen LogP contribution in [0.4, 0.5) is 10.5 Å². The topological polar surface area (TPSA) is 92.9 Å². The molecule has 4 bridgehead atoms. The van der Waals surface area contributed by atoms with Crippen molar-refractivity contribution in [3.8, 4) is 0 Å². The second-order valence-electron chi connectivity index (χ2n) is 13.5. The number of nitrogens with zero attached hydrogens (tertiary/aromatic N) is 2. The summed E-state index contributed by atoms with van der Waals surface area (Å²) in [4.78, 5) is 44.1. The third kappa shape index (κ3) is 5.43. The van der Waals surface area contributed by atoms with E-state index in [-0.39, 0.29) is 30.1 Å². The molecule has 0 spiro atoms. The summed E-state index contributed by atoms with van der Waals surface area (Å²) in [6, 6.07) is 6.22.